The van der Waals surface area contributed by atoms with E-state index in [0.29, 0.717) is 15.6 Å². The van der Waals surface area contributed by atoms with Crippen LogP contribution in [0.4, 0.5) is 8.78 Å². The predicted molar refractivity (Wildman–Crippen MR) is 145 cm³/mol. The zero-order valence-electron chi connectivity index (χ0n) is 21.3. The summed E-state index contributed by atoms with van der Waals surface area (Å²) in [7, 11) is 0. The third-order valence-corrected chi connectivity index (χ3v) is 7.81. The highest BCUT2D eigenvalue weighted by atomic mass is 35.5. The molecule has 3 heterocycles. The van der Waals surface area contributed by atoms with E-state index in [-0.39, 0.29) is 29.4 Å². The van der Waals surface area contributed by atoms with E-state index in [2.05, 4.69) is 20.3 Å². The van der Waals surface area contributed by atoms with E-state index in [1.807, 2.05) is 6.07 Å². The number of thioether (sulfide) groups is 1. The first-order chi connectivity index (χ1) is 19.7. The van der Waals surface area contributed by atoms with Crippen molar-refractivity contribution in [3.05, 3.63) is 70.1 Å². The number of phenols is 1. The van der Waals surface area contributed by atoms with Crippen LogP contribution in [0.25, 0.3) is 10.7 Å². The van der Waals surface area contributed by atoms with Crippen molar-refractivity contribution in [1.82, 2.24) is 25.0 Å². The number of aromatic hydroxyl groups is 1. The summed E-state index contributed by atoms with van der Waals surface area (Å²) in [5.41, 5.74) is -0.438. The zero-order valence-corrected chi connectivity index (χ0v) is 23.7. The Labute approximate surface area is 246 Å². The zero-order chi connectivity index (χ0) is 29.5. The summed E-state index contributed by atoms with van der Waals surface area (Å²) < 4.78 is 41.6. The Morgan fingerprint density at radius 2 is 1.98 bits per heavy atom. The topological polar surface area (TPSA) is 159 Å². The summed E-state index contributed by atoms with van der Waals surface area (Å²) in [6.45, 7) is 0.531. The molecule has 0 bridgehead atoms. The SMILES string of the molecule is C[C@@H](O)C(CO)OC(Sc1cc(Cl)cnc1C#N)[C@H](Cn1cc(-c2nccs2)nn1)OCc1cc(F)c(O)c(F)c1. The van der Waals surface area contributed by atoms with Gasteiger partial charge in [-0.15, -0.1) is 16.4 Å². The van der Waals surface area contributed by atoms with Gasteiger partial charge in [0.25, 0.3) is 0 Å². The van der Waals surface area contributed by atoms with Crippen LogP contribution in [-0.4, -0.2) is 70.6 Å². The van der Waals surface area contributed by atoms with Crippen molar-refractivity contribution in [3.63, 3.8) is 0 Å². The van der Waals surface area contributed by atoms with E-state index < -0.39 is 47.7 Å². The van der Waals surface area contributed by atoms with Gasteiger partial charge in [0.15, 0.2) is 23.1 Å². The Morgan fingerprint density at radius 3 is 2.61 bits per heavy atom. The molecule has 0 fully saturated rings. The maximum Gasteiger partial charge on any atom is 0.187 e. The molecule has 0 aliphatic heterocycles. The number of nitriles is 1. The largest absolute Gasteiger partial charge is 0.503 e. The van der Waals surface area contributed by atoms with Crippen molar-refractivity contribution in [3.8, 4) is 22.5 Å². The van der Waals surface area contributed by atoms with Gasteiger partial charge in [0.2, 0.25) is 0 Å². The van der Waals surface area contributed by atoms with E-state index in [4.69, 9.17) is 21.1 Å². The number of thiazole rings is 1. The van der Waals surface area contributed by atoms with Crippen molar-refractivity contribution < 1.29 is 33.6 Å². The number of nitrogens with zero attached hydrogens (tertiary/aromatic N) is 6. The molecular formula is C25H23ClF2N6O5S2. The lowest BCUT2D eigenvalue weighted by molar-refractivity contribution is -0.115. The fraction of sp³-hybridized carbons (Fsp3) is 0.320. The first kappa shape index (κ1) is 30.7. The minimum atomic E-state index is -1.16. The Hall–Kier alpha value is -3.23. The Morgan fingerprint density at radius 1 is 1.22 bits per heavy atom. The molecule has 3 N–H and O–H groups in total. The number of aromatic nitrogens is 5. The highest BCUT2D eigenvalue weighted by Gasteiger charge is 2.31. The Kier molecular flexibility index (Phi) is 10.6. The van der Waals surface area contributed by atoms with Gasteiger partial charge < -0.3 is 24.8 Å². The molecule has 216 valence electrons. The Balaban J connectivity index is 1.70. The van der Waals surface area contributed by atoms with Crippen LogP contribution in [0.3, 0.4) is 0 Å². The molecule has 4 rings (SSSR count). The third kappa shape index (κ3) is 7.95. The smallest absolute Gasteiger partial charge is 0.187 e. The van der Waals surface area contributed by atoms with Crippen molar-refractivity contribution in [2.75, 3.05) is 6.61 Å². The molecule has 1 aromatic carbocycles. The van der Waals surface area contributed by atoms with Gasteiger partial charge >= 0.3 is 0 Å². The molecular weight excluding hydrogens is 602 g/mol. The molecule has 0 saturated carbocycles. The lowest BCUT2D eigenvalue weighted by atomic mass is 10.2. The molecule has 4 atom stereocenters. The molecule has 0 spiro atoms. The lowest BCUT2D eigenvalue weighted by Crippen LogP contribution is -2.40. The van der Waals surface area contributed by atoms with Crippen LogP contribution < -0.4 is 0 Å². The highest BCUT2D eigenvalue weighted by molar-refractivity contribution is 7.99. The molecule has 2 unspecified atom stereocenters. The predicted octanol–water partition coefficient (Wildman–Crippen LogP) is 3.77. The van der Waals surface area contributed by atoms with Gasteiger partial charge in [0.1, 0.15) is 34.4 Å². The average molecular weight is 625 g/mol. The molecule has 11 nitrogen and oxygen atoms in total. The number of aliphatic hydroxyl groups is 2. The van der Waals surface area contributed by atoms with Gasteiger partial charge in [-0.3, -0.25) is 0 Å². The van der Waals surface area contributed by atoms with E-state index in [1.54, 1.807) is 17.8 Å². The molecule has 0 saturated heterocycles. The highest BCUT2D eigenvalue weighted by Crippen LogP contribution is 2.34. The quantitative estimate of drug-likeness (QED) is 0.147. The number of halogens is 3. The summed E-state index contributed by atoms with van der Waals surface area (Å²) in [5, 5.41) is 50.0. The fourth-order valence-electron chi connectivity index (χ4n) is 3.53. The molecule has 4 aromatic rings. The summed E-state index contributed by atoms with van der Waals surface area (Å²) in [5.74, 6) is -3.44. The third-order valence-electron chi connectivity index (χ3n) is 5.60. The minimum Gasteiger partial charge on any atom is -0.503 e. The van der Waals surface area contributed by atoms with Gasteiger partial charge in [-0.1, -0.05) is 28.6 Å². The van der Waals surface area contributed by atoms with Crippen LogP contribution in [-0.2, 0) is 22.6 Å². The summed E-state index contributed by atoms with van der Waals surface area (Å²) in [6.07, 6.45) is 1.41. The van der Waals surface area contributed by atoms with Crippen LogP contribution in [0, 0.1) is 23.0 Å². The number of benzene rings is 1. The Bertz CT molecular complexity index is 1480. The van der Waals surface area contributed by atoms with E-state index >= 15 is 0 Å². The van der Waals surface area contributed by atoms with Crippen molar-refractivity contribution >= 4 is 34.7 Å². The van der Waals surface area contributed by atoms with Crippen molar-refractivity contribution in [2.45, 2.75) is 48.7 Å². The van der Waals surface area contributed by atoms with Crippen LogP contribution in [0.2, 0.25) is 5.02 Å². The molecule has 0 aliphatic rings. The van der Waals surface area contributed by atoms with Gasteiger partial charge in [0.05, 0.1) is 37.1 Å². The number of pyridine rings is 1. The summed E-state index contributed by atoms with van der Waals surface area (Å²) >= 11 is 8.48. The van der Waals surface area contributed by atoms with Gasteiger partial charge in [-0.05, 0) is 30.7 Å². The van der Waals surface area contributed by atoms with Crippen molar-refractivity contribution in [2.24, 2.45) is 0 Å². The second kappa shape index (κ2) is 14.1. The minimum absolute atomic E-state index is 0.0209. The molecule has 16 heteroatoms. The number of rotatable bonds is 13. The summed E-state index contributed by atoms with van der Waals surface area (Å²) in [6, 6.07) is 5.33. The van der Waals surface area contributed by atoms with Crippen LogP contribution >= 0.6 is 34.7 Å². The number of aliphatic hydroxyl groups excluding tert-OH is 2. The molecule has 0 aliphatic carbocycles. The summed E-state index contributed by atoms with van der Waals surface area (Å²) in [4.78, 5) is 8.57. The normalized spacial score (nSPS) is 14.4. The molecule has 41 heavy (non-hydrogen) atoms. The van der Waals surface area contributed by atoms with E-state index in [9.17, 15) is 29.4 Å². The molecule has 0 radical (unpaired) electrons. The number of hydrogen-bond donors (Lipinski definition) is 3. The monoisotopic (exact) mass is 624 g/mol. The van der Waals surface area contributed by atoms with Gasteiger partial charge in [0, 0.05) is 22.7 Å². The second-order valence-corrected chi connectivity index (χ2v) is 11.1. The average Bonchev–Trinajstić information content (AvgIpc) is 3.64. The fourth-order valence-corrected chi connectivity index (χ4v) is 5.51. The van der Waals surface area contributed by atoms with Crippen LogP contribution in [0.5, 0.6) is 5.75 Å². The van der Waals surface area contributed by atoms with Gasteiger partial charge in [-0.25, -0.2) is 23.4 Å². The van der Waals surface area contributed by atoms with Crippen LogP contribution in [0.15, 0.2) is 47.1 Å². The number of phenolic OH excluding ortho intramolecular Hbond substituents is 1. The maximum absolute atomic E-state index is 14.0. The maximum atomic E-state index is 14.0. The lowest BCUT2D eigenvalue weighted by Gasteiger charge is -2.31. The first-order valence-corrected chi connectivity index (χ1v) is 14.1. The molecule has 0 amide bonds. The molecule has 3 aromatic heterocycles. The van der Waals surface area contributed by atoms with Crippen molar-refractivity contribution in [1.29, 1.82) is 5.26 Å². The standard InChI is InChI=1S/C25H23ClF2N6O5S2/c1-13(36)21(11-35)39-25(41-22-6-15(26)8-31-18(22)7-29)20(38-12-14-4-16(27)23(37)17(28)5-14)10-34-9-19(32-33-34)24-30-2-3-40-24/h2-6,8-9,13,20-21,25,35-37H,10-12H2,1H3/t13-,20+,21?,25?/m1/s1. The number of hydrogen-bond acceptors (Lipinski definition) is 12. The van der Waals surface area contributed by atoms with E-state index in [0.717, 1.165) is 23.9 Å². The second-order valence-electron chi connectivity index (χ2n) is 8.62. The van der Waals surface area contributed by atoms with E-state index in [1.165, 1.54) is 35.2 Å². The van der Waals surface area contributed by atoms with Gasteiger partial charge in [-0.2, -0.15) is 5.26 Å². The van der Waals surface area contributed by atoms with Crippen LogP contribution in [0.1, 0.15) is 18.2 Å². The number of ether oxygens (including phenoxy) is 2. The first-order valence-electron chi connectivity index (χ1n) is 11.9.